The van der Waals surface area contributed by atoms with Gasteiger partial charge in [0.05, 0.1) is 5.69 Å². The Hall–Kier alpha value is -1.14. The van der Waals surface area contributed by atoms with Crippen molar-refractivity contribution in [3.05, 3.63) is 40.6 Å². The van der Waals surface area contributed by atoms with Gasteiger partial charge in [0.25, 0.3) is 0 Å². The van der Waals surface area contributed by atoms with Crippen molar-refractivity contribution in [3.8, 4) is 0 Å². The minimum Gasteiger partial charge on any atom is -0.445 e. The number of nitrogens with zero attached hydrogens (tertiary/aromatic N) is 1. The van der Waals surface area contributed by atoms with Gasteiger partial charge in [-0.05, 0) is 24.6 Å². The molecule has 0 aliphatic carbocycles. The van der Waals surface area contributed by atoms with Crippen molar-refractivity contribution in [3.63, 3.8) is 0 Å². The molecule has 0 spiro atoms. The number of nitrogens with two attached hydrogens (primary N) is 1. The molecule has 0 saturated heterocycles. The minimum atomic E-state index is -1.71. The maximum Gasteiger partial charge on any atom is 0.412 e. The van der Waals surface area contributed by atoms with E-state index in [-0.39, 0.29) is 11.3 Å². The van der Waals surface area contributed by atoms with E-state index in [0.29, 0.717) is 16.4 Å². The summed E-state index contributed by atoms with van der Waals surface area (Å²) < 4.78 is 3.15. The van der Waals surface area contributed by atoms with Crippen molar-refractivity contribution in [1.82, 2.24) is 5.32 Å². The summed E-state index contributed by atoms with van der Waals surface area (Å²) in [7, 11) is 0. The molecule has 5 nitrogen and oxygen atoms in total. The number of halogens is 4. The zero-order chi connectivity index (χ0) is 20.1. The predicted molar refractivity (Wildman–Crippen MR) is 110 cm³/mol. The van der Waals surface area contributed by atoms with Gasteiger partial charge in [-0.25, -0.2) is 9.79 Å². The number of aliphatic imine (C=N–C) groups is 1. The van der Waals surface area contributed by atoms with E-state index in [4.69, 9.17) is 56.9 Å². The lowest BCUT2D eigenvalue weighted by atomic mass is 9.92. The van der Waals surface area contributed by atoms with E-state index < -0.39 is 16.5 Å². The summed E-state index contributed by atoms with van der Waals surface area (Å²) in [6, 6.07) is 5.25. The largest absolute Gasteiger partial charge is 0.445 e. The number of rotatable bonds is 3. The molecule has 0 bridgehead atoms. The second kappa shape index (κ2) is 9.18. The molecule has 0 fully saturated rings. The molecule has 0 aliphatic rings. The van der Waals surface area contributed by atoms with Gasteiger partial charge in [-0.15, -0.1) is 0 Å². The molecule has 0 unspecified atom stereocenters. The zero-order valence-corrected chi connectivity index (χ0v) is 17.9. The minimum absolute atomic E-state index is 0.173. The van der Waals surface area contributed by atoms with E-state index >= 15 is 0 Å². The quantitative estimate of drug-likeness (QED) is 0.361. The third-order valence-corrected chi connectivity index (χ3v) is 3.89. The first-order valence-electron chi connectivity index (χ1n) is 7.61. The molecule has 1 rings (SSSR count). The summed E-state index contributed by atoms with van der Waals surface area (Å²) in [5, 5.41) is 3.04. The number of hydrogen-bond acceptors (Lipinski definition) is 4. The van der Waals surface area contributed by atoms with E-state index in [0.717, 1.165) is 5.56 Å². The van der Waals surface area contributed by atoms with Crippen LogP contribution < -0.4 is 11.1 Å². The van der Waals surface area contributed by atoms with Crippen molar-refractivity contribution >= 4 is 64.0 Å². The predicted octanol–water partition coefficient (Wildman–Crippen LogP) is 5.66. The van der Waals surface area contributed by atoms with E-state index in [1.807, 2.05) is 33.8 Å². The van der Waals surface area contributed by atoms with Crippen LogP contribution in [0.2, 0.25) is 5.02 Å². The van der Waals surface area contributed by atoms with Gasteiger partial charge in [-0.2, -0.15) is 0 Å². The summed E-state index contributed by atoms with van der Waals surface area (Å²) in [6.07, 6.45) is 0.718. The zero-order valence-electron chi connectivity index (χ0n) is 14.9. The number of hydrogen-bond donors (Lipinski definition) is 2. The SMILES string of the molecule is Cc1ccc(N=C(/C=C(\N)C(C)(C)C)NC(=O)OCC(Cl)(Cl)Cl)cc1Cl. The van der Waals surface area contributed by atoms with Crippen molar-refractivity contribution in [2.24, 2.45) is 16.1 Å². The van der Waals surface area contributed by atoms with Gasteiger partial charge in [0.15, 0.2) is 0 Å². The van der Waals surface area contributed by atoms with E-state index in [9.17, 15) is 4.79 Å². The van der Waals surface area contributed by atoms with E-state index in [1.54, 1.807) is 18.2 Å². The van der Waals surface area contributed by atoms with E-state index in [2.05, 4.69) is 10.3 Å². The van der Waals surface area contributed by atoms with Crippen LogP contribution in [0, 0.1) is 12.3 Å². The van der Waals surface area contributed by atoms with Crippen molar-refractivity contribution in [1.29, 1.82) is 0 Å². The number of carbonyl (C=O) groups is 1. The van der Waals surface area contributed by atoms with E-state index in [1.165, 1.54) is 0 Å². The normalized spacial score (nSPS) is 13.5. The fourth-order valence-electron chi connectivity index (χ4n) is 1.54. The molecule has 26 heavy (non-hydrogen) atoms. The molecule has 1 aromatic rings. The fourth-order valence-corrected chi connectivity index (χ4v) is 1.88. The molecule has 0 radical (unpaired) electrons. The molecular weight excluding hydrogens is 420 g/mol. The average molecular weight is 441 g/mol. The topological polar surface area (TPSA) is 76.7 Å². The van der Waals surface area contributed by atoms with Crippen molar-refractivity contribution < 1.29 is 9.53 Å². The number of benzene rings is 1. The Morgan fingerprint density at radius 2 is 1.92 bits per heavy atom. The third-order valence-electron chi connectivity index (χ3n) is 3.16. The maximum absolute atomic E-state index is 12.0. The Balaban J connectivity index is 3.11. The first-order chi connectivity index (χ1) is 11.8. The molecule has 144 valence electrons. The number of carbonyl (C=O) groups excluding carboxylic acids is 1. The van der Waals surface area contributed by atoms with Crippen LogP contribution in [-0.4, -0.2) is 22.3 Å². The van der Waals surface area contributed by atoms with Gasteiger partial charge < -0.3 is 10.5 Å². The molecule has 3 N–H and O–H groups in total. The molecular formula is C17H21Cl4N3O2. The van der Waals surface area contributed by atoms with Crippen molar-refractivity contribution in [2.45, 2.75) is 31.5 Å². The lowest BCUT2D eigenvalue weighted by Gasteiger charge is -2.19. The van der Waals surface area contributed by atoms with Gasteiger partial charge in [-0.3, -0.25) is 5.32 Å². The smallest absolute Gasteiger partial charge is 0.412 e. The first kappa shape index (κ1) is 22.9. The lowest BCUT2D eigenvalue weighted by molar-refractivity contribution is 0.154. The van der Waals surface area contributed by atoms with Crippen LogP contribution in [0.5, 0.6) is 0 Å². The molecule has 1 aromatic carbocycles. The average Bonchev–Trinajstić information content (AvgIpc) is 2.47. The van der Waals surface area contributed by atoms with Crippen LogP contribution in [0.25, 0.3) is 0 Å². The Bertz CT molecular complexity index is 720. The number of ether oxygens (including phenoxy) is 1. The van der Waals surface area contributed by atoms with Crippen LogP contribution in [0.3, 0.4) is 0 Å². The number of amides is 1. The van der Waals surface area contributed by atoms with Crippen LogP contribution in [0.15, 0.2) is 35.0 Å². The Morgan fingerprint density at radius 1 is 1.31 bits per heavy atom. The van der Waals surface area contributed by atoms with Gasteiger partial charge in [-0.1, -0.05) is 73.2 Å². The van der Waals surface area contributed by atoms with Gasteiger partial charge in [0.1, 0.15) is 12.4 Å². The molecule has 0 saturated carbocycles. The van der Waals surface area contributed by atoms with Crippen molar-refractivity contribution in [2.75, 3.05) is 6.61 Å². The van der Waals surface area contributed by atoms with Gasteiger partial charge >= 0.3 is 6.09 Å². The summed E-state index contributed by atoms with van der Waals surface area (Å²) in [5.74, 6) is 0.173. The Kier molecular flexibility index (Phi) is 8.08. The Morgan fingerprint density at radius 3 is 2.42 bits per heavy atom. The molecule has 1 amide bonds. The fraction of sp³-hybridized carbons (Fsp3) is 0.412. The maximum atomic E-state index is 12.0. The number of aryl methyl sites for hydroxylation is 1. The number of allylic oxidation sites excluding steroid dienone is 1. The molecule has 0 heterocycles. The Labute approximate surface area is 173 Å². The standard InChI is InChI=1S/C17H21Cl4N3O2/c1-10-5-6-11(7-12(10)18)23-14(8-13(22)16(2,3)4)24-15(25)26-9-17(19,20)21/h5-8H,9,22H2,1-4H3,(H,23,24,25)/b13-8-. The van der Waals surface area contributed by atoms with Crippen LogP contribution in [0.1, 0.15) is 26.3 Å². The monoisotopic (exact) mass is 439 g/mol. The number of amidine groups is 1. The van der Waals surface area contributed by atoms with Crippen LogP contribution >= 0.6 is 46.4 Å². The first-order valence-corrected chi connectivity index (χ1v) is 9.12. The molecule has 0 aliphatic heterocycles. The summed E-state index contributed by atoms with van der Waals surface area (Å²) in [6.45, 7) is 7.26. The van der Waals surface area contributed by atoms with Gasteiger partial charge in [0, 0.05) is 22.2 Å². The summed E-state index contributed by atoms with van der Waals surface area (Å²) in [4.78, 5) is 16.3. The van der Waals surface area contributed by atoms with Crippen LogP contribution in [0.4, 0.5) is 10.5 Å². The van der Waals surface area contributed by atoms with Gasteiger partial charge in [0.2, 0.25) is 3.79 Å². The second-order valence-corrected chi connectivity index (χ2v) is 9.52. The second-order valence-electron chi connectivity index (χ2n) is 6.60. The molecule has 0 atom stereocenters. The molecule has 0 aromatic heterocycles. The lowest BCUT2D eigenvalue weighted by Crippen LogP contribution is -2.33. The summed E-state index contributed by atoms with van der Waals surface area (Å²) in [5.41, 5.74) is 7.71. The van der Waals surface area contributed by atoms with Crippen LogP contribution in [-0.2, 0) is 4.74 Å². The number of alkyl carbamates (subject to hydrolysis) is 1. The summed E-state index contributed by atoms with van der Waals surface area (Å²) >= 11 is 22.8. The molecule has 9 heteroatoms. The highest BCUT2D eigenvalue weighted by Crippen LogP contribution is 2.26. The highest BCUT2D eigenvalue weighted by atomic mass is 35.6. The number of alkyl halides is 3. The number of nitrogens with one attached hydrogen (secondary N) is 1. The highest BCUT2D eigenvalue weighted by molar-refractivity contribution is 6.67. The third kappa shape index (κ3) is 8.49. The highest BCUT2D eigenvalue weighted by Gasteiger charge is 2.22.